The van der Waals surface area contributed by atoms with Gasteiger partial charge < -0.3 is 18.9 Å². The number of hydrogen-bond acceptors (Lipinski definition) is 4. The third-order valence-corrected chi connectivity index (χ3v) is 2.31. The fraction of sp³-hybridized carbons (Fsp3) is 1.00. The summed E-state index contributed by atoms with van der Waals surface area (Å²) in [6.07, 6.45) is 5.11. The molecule has 0 bridgehead atoms. The molecule has 4 aliphatic heterocycles. The Morgan fingerprint density at radius 3 is 0.379 bits per heavy atom. The maximum Gasteiger partial charge on any atom is 0.0488 e. The van der Waals surface area contributed by atoms with Gasteiger partial charge in [0, 0.05) is 52.9 Å². The lowest BCUT2D eigenvalue weighted by molar-refractivity contribution is 0.0366. The lowest BCUT2D eigenvalue weighted by Crippen LogP contribution is -2.09. The van der Waals surface area contributed by atoms with E-state index in [0.29, 0.717) is 5.41 Å². The summed E-state index contributed by atoms with van der Waals surface area (Å²) in [5.74, 6) is 0. The monoisotopic (exact) mass is 424 g/mol. The largest absolute Gasteiger partial charge is 0.381 e. The van der Waals surface area contributed by atoms with Gasteiger partial charge in [0.15, 0.2) is 0 Å². The zero-order valence-electron chi connectivity index (χ0n) is 22.6. The van der Waals surface area contributed by atoms with Crippen molar-refractivity contribution < 1.29 is 18.9 Å². The predicted octanol–water partition coefficient (Wildman–Crippen LogP) is 7.78. The summed E-state index contributed by atoms with van der Waals surface area (Å²) in [6.45, 7) is 32.8. The second kappa shape index (κ2) is 42.0. The molecule has 4 nitrogen and oxygen atoms in total. The van der Waals surface area contributed by atoms with Gasteiger partial charge in [-0.15, -0.1) is 0 Å². The van der Waals surface area contributed by atoms with Crippen molar-refractivity contribution in [1.82, 2.24) is 0 Å². The molecule has 4 aliphatic rings. The van der Waals surface area contributed by atoms with Crippen LogP contribution in [0.2, 0.25) is 0 Å². The normalized spacial score (nSPS) is 16.1. The SMILES string of the molecule is C1COC1.C1COC1.C1COC1.C1COC1.CC.CC.CC.CC.CC(C)(C)C. The van der Waals surface area contributed by atoms with E-state index in [2.05, 4.69) is 27.7 Å². The van der Waals surface area contributed by atoms with Crippen molar-refractivity contribution in [3.63, 3.8) is 0 Å². The zero-order chi connectivity index (χ0) is 23.8. The van der Waals surface area contributed by atoms with Gasteiger partial charge >= 0.3 is 0 Å². The molecule has 0 aliphatic carbocycles. The molecule has 29 heavy (non-hydrogen) atoms. The van der Waals surface area contributed by atoms with E-state index in [9.17, 15) is 0 Å². The van der Waals surface area contributed by atoms with E-state index in [4.69, 9.17) is 18.9 Å². The van der Waals surface area contributed by atoms with Crippen LogP contribution in [0.3, 0.4) is 0 Å². The molecule has 4 heteroatoms. The lowest BCUT2D eigenvalue weighted by Gasteiger charge is -2.09. The summed E-state index contributed by atoms with van der Waals surface area (Å²) in [6, 6.07) is 0. The molecular weight excluding hydrogens is 364 g/mol. The van der Waals surface area contributed by atoms with Crippen molar-refractivity contribution in [2.45, 2.75) is 109 Å². The summed E-state index contributed by atoms with van der Waals surface area (Å²) in [4.78, 5) is 0. The third-order valence-electron chi connectivity index (χ3n) is 2.31. The minimum absolute atomic E-state index is 0.500. The average molecular weight is 425 g/mol. The Hall–Kier alpha value is -0.160. The first-order valence-corrected chi connectivity index (χ1v) is 12.3. The first-order chi connectivity index (χ1) is 14.0. The number of ether oxygens (including phenoxy) is 4. The molecule has 4 saturated heterocycles. The highest BCUT2D eigenvalue weighted by Crippen LogP contribution is 2.08. The quantitative estimate of drug-likeness (QED) is 0.398. The van der Waals surface area contributed by atoms with Crippen LogP contribution in [-0.2, 0) is 18.9 Å². The highest BCUT2D eigenvalue weighted by atomic mass is 16.5. The van der Waals surface area contributed by atoms with Crippen LogP contribution in [0.5, 0.6) is 0 Å². The van der Waals surface area contributed by atoms with Gasteiger partial charge in [0.2, 0.25) is 0 Å². The van der Waals surface area contributed by atoms with Crippen LogP contribution < -0.4 is 0 Å². The van der Waals surface area contributed by atoms with Gasteiger partial charge in [0.05, 0.1) is 0 Å². The van der Waals surface area contributed by atoms with E-state index < -0.39 is 0 Å². The van der Waals surface area contributed by atoms with Crippen LogP contribution in [0, 0.1) is 5.41 Å². The Morgan fingerprint density at radius 1 is 0.345 bits per heavy atom. The van der Waals surface area contributed by atoms with Crippen LogP contribution in [0.25, 0.3) is 0 Å². The molecule has 0 amide bonds. The molecule has 0 aromatic carbocycles. The van der Waals surface area contributed by atoms with E-state index in [1.54, 1.807) is 0 Å². The summed E-state index contributed by atoms with van der Waals surface area (Å²) in [7, 11) is 0. The molecule has 0 spiro atoms. The van der Waals surface area contributed by atoms with Gasteiger partial charge in [-0.1, -0.05) is 83.1 Å². The first-order valence-electron chi connectivity index (χ1n) is 12.3. The minimum Gasteiger partial charge on any atom is -0.381 e. The van der Waals surface area contributed by atoms with Crippen molar-refractivity contribution in [3.8, 4) is 0 Å². The van der Waals surface area contributed by atoms with Crippen molar-refractivity contribution in [2.75, 3.05) is 52.9 Å². The molecule has 0 radical (unpaired) electrons. The second-order valence-electron chi connectivity index (χ2n) is 6.86. The van der Waals surface area contributed by atoms with Gasteiger partial charge in [-0.2, -0.15) is 0 Å². The molecule has 4 heterocycles. The molecule has 0 unspecified atom stereocenters. The van der Waals surface area contributed by atoms with Crippen molar-refractivity contribution in [3.05, 3.63) is 0 Å². The predicted molar refractivity (Wildman–Crippen MR) is 132 cm³/mol. The van der Waals surface area contributed by atoms with E-state index in [0.717, 1.165) is 52.9 Å². The fourth-order valence-corrected chi connectivity index (χ4v) is 0.577. The van der Waals surface area contributed by atoms with Gasteiger partial charge in [0.25, 0.3) is 0 Å². The van der Waals surface area contributed by atoms with Crippen LogP contribution >= 0.6 is 0 Å². The summed E-state index contributed by atoms with van der Waals surface area (Å²) in [5.41, 5.74) is 0.500. The van der Waals surface area contributed by atoms with E-state index >= 15 is 0 Å². The Bertz CT molecular complexity index is 133. The molecule has 0 aromatic rings. The summed E-state index contributed by atoms with van der Waals surface area (Å²) < 4.78 is 18.9. The smallest absolute Gasteiger partial charge is 0.0488 e. The van der Waals surface area contributed by atoms with Crippen molar-refractivity contribution in [1.29, 1.82) is 0 Å². The Balaban J connectivity index is -0.0000000764. The maximum absolute atomic E-state index is 4.72. The summed E-state index contributed by atoms with van der Waals surface area (Å²) in [5, 5.41) is 0. The molecule has 184 valence electrons. The molecule has 0 N–H and O–H groups in total. The minimum atomic E-state index is 0.500. The van der Waals surface area contributed by atoms with Gasteiger partial charge in [-0.25, -0.2) is 0 Å². The Kier molecular flexibility index (Phi) is 57.0. The van der Waals surface area contributed by atoms with Gasteiger partial charge in [-0.3, -0.25) is 0 Å². The Labute approximate surface area is 186 Å². The molecule has 0 aromatic heterocycles. The average Bonchev–Trinajstić information content (AvgIpc) is 2.46. The van der Waals surface area contributed by atoms with Crippen molar-refractivity contribution >= 4 is 0 Å². The van der Waals surface area contributed by atoms with E-state index in [1.807, 2.05) is 55.4 Å². The van der Waals surface area contributed by atoms with Crippen molar-refractivity contribution in [2.24, 2.45) is 5.41 Å². The van der Waals surface area contributed by atoms with Gasteiger partial charge in [-0.05, 0) is 31.1 Å². The summed E-state index contributed by atoms with van der Waals surface area (Å²) >= 11 is 0. The molecule has 0 saturated carbocycles. The lowest BCUT2D eigenvalue weighted by atomic mass is 10.0. The van der Waals surface area contributed by atoms with Gasteiger partial charge in [0.1, 0.15) is 0 Å². The Morgan fingerprint density at radius 2 is 0.379 bits per heavy atom. The highest BCUT2D eigenvalue weighted by molar-refractivity contribution is 4.47. The zero-order valence-corrected chi connectivity index (χ0v) is 22.6. The molecule has 4 rings (SSSR count). The van der Waals surface area contributed by atoms with Crippen LogP contribution in [0.15, 0.2) is 0 Å². The topological polar surface area (TPSA) is 36.9 Å². The van der Waals surface area contributed by atoms with E-state index in [1.165, 1.54) is 25.7 Å². The number of rotatable bonds is 0. The van der Waals surface area contributed by atoms with E-state index in [-0.39, 0.29) is 0 Å². The standard InChI is InChI=1S/C5H12.4C3H6O.4C2H6/c1-5(2,3)4;4*1-2-4-3-1;4*1-2/h1-4H3;4*1-3H2;4*1-2H3. The third kappa shape index (κ3) is 74.1. The molecule has 4 fully saturated rings. The first kappa shape index (κ1) is 39.3. The van der Waals surface area contributed by atoms with Crippen LogP contribution in [0.4, 0.5) is 0 Å². The maximum atomic E-state index is 4.72. The van der Waals surface area contributed by atoms with Crippen LogP contribution in [0.1, 0.15) is 109 Å². The molecular formula is C25H60O4. The highest BCUT2D eigenvalue weighted by Gasteiger charge is 1.96. The fourth-order valence-electron chi connectivity index (χ4n) is 0.577. The number of hydrogen-bond donors (Lipinski definition) is 0. The second-order valence-corrected chi connectivity index (χ2v) is 6.86. The van der Waals surface area contributed by atoms with Crippen LogP contribution in [-0.4, -0.2) is 52.9 Å². The molecule has 0 atom stereocenters.